The molecule has 1 aliphatic carbocycles. The number of pyridine rings is 1. The molecule has 0 spiro atoms. The van der Waals surface area contributed by atoms with Gasteiger partial charge in [-0.3, -0.25) is 9.48 Å². The number of hydrogen-bond donors (Lipinski definition) is 3. The number of aromatic nitrogens is 3. The monoisotopic (exact) mass is 430 g/mol. The molecular weight excluding hydrogens is 409 g/mol. The van der Waals surface area contributed by atoms with Gasteiger partial charge in [0.2, 0.25) is 0 Å². The third kappa shape index (κ3) is 4.01. The summed E-state index contributed by atoms with van der Waals surface area (Å²) in [5.74, 6) is -0.00561. The van der Waals surface area contributed by atoms with Gasteiger partial charge in [0.1, 0.15) is 11.4 Å². The summed E-state index contributed by atoms with van der Waals surface area (Å²) in [7, 11) is 0. The molecule has 1 saturated carbocycles. The minimum atomic E-state index is -4.57. The number of aromatic amines is 1. The predicted molar refractivity (Wildman–Crippen MR) is 110 cm³/mol. The van der Waals surface area contributed by atoms with Crippen LogP contribution in [0.5, 0.6) is 0 Å². The lowest BCUT2D eigenvalue weighted by Gasteiger charge is -2.27. The second-order valence-electron chi connectivity index (χ2n) is 7.72. The van der Waals surface area contributed by atoms with Crippen LogP contribution < -0.4 is 16.6 Å². The molecule has 0 unspecified atom stereocenters. The number of rotatable bonds is 4. The zero-order valence-electron chi connectivity index (χ0n) is 16.5. The molecule has 3 atom stereocenters. The second-order valence-corrected chi connectivity index (χ2v) is 7.72. The zero-order chi connectivity index (χ0) is 22.2. The van der Waals surface area contributed by atoms with Gasteiger partial charge in [-0.25, -0.2) is 0 Å². The molecule has 2 aromatic heterocycles. The van der Waals surface area contributed by atoms with Gasteiger partial charge in [0.05, 0.1) is 23.5 Å². The molecular formula is C21H21F3N6O. The molecule has 3 aromatic rings. The molecule has 162 valence electrons. The van der Waals surface area contributed by atoms with Gasteiger partial charge in [-0.1, -0.05) is 25.0 Å². The van der Waals surface area contributed by atoms with Crippen molar-refractivity contribution in [2.75, 3.05) is 5.32 Å². The number of H-pyrrole nitrogens is 1. The van der Waals surface area contributed by atoms with Gasteiger partial charge in [0, 0.05) is 11.9 Å². The van der Waals surface area contributed by atoms with Crippen LogP contribution in [0.1, 0.15) is 43.3 Å². The Hall–Kier alpha value is -3.32. The first-order valence-corrected chi connectivity index (χ1v) is 9.98. The van der Waals surface area contributed by atoms with Crippen LogP contribution in [0.2, 0.25) is 0 Å². The molecule has 0 bridgehead atoms. The van der Waals surface area contributed by atoms with E-state index in [2.05, 4.69) is 21.5 Å². The summed E-state index contributed by atoms with van der Waals surface area (Å²) in [5.41, 5.74) is 5.74. The van der Waals surface area contributed by atoms with Crippen LogP contribution in [0.4, 0.5) is 24.7 Å². The lowest BCUT2D eigenvalue weighted by atomic mass is 9.85. The predicted octanol–water partition coefficient (Wildman–Crippen LogP) is 4.29. The molecule has 4 rings (SSSR count). The van der Waals surface area contributed by atoms with E-state index < -0.39 is 12.2 Å². The fourth-order valence-electron chi connectivity index (χ4n) is 4.13. The normalized spacial score (nSPS) is 20.4. The van der Waals surface area contributed by atoms with Gasteiger partial charge < -0.3 is 16.0 Å². The van der Waals surface area contributed by atoms with Crippen molar-refractivity contribution in [2.45, 2.75) is 43.9 Å². The number of nitrogens with one attached hydrogen (secondary N) is 2. The number of anilines is 2. The SMILES string of the molecule is N#C[C@H]1CCCC[C@@H]1n1nc(Nc2cccc([C@H](N)C(F)(F)F)c2)c2c(=O)[nH]ccc21. The number of nitriles is 1. The average molecular weight is 430 g/mol. The van der Waals surface area contributed by atoms with Crippen molar-refractivity contribution in [1.82, 2.24) is 14.8 Å². The molecule has 31 heavy (non-hydrogen) atoms. The molecule has 1 fully saturated rings. The Morgan fingerprint density at radius 3 is 2.81 bits per heavy atom. The molecule has 2 heterocycles. The summed E-state index contributed by atoms with van der Waals surface area (Å²) in [6.07, 6.45) is 0.375. The molecule has 10 heteroatoms. The Morgan fingerprint density at radius 2 is 2.06 bits per heavy atom. The minimum absolute atomic E-state index is 0.105. The van der Waals surface area contributed by atoms with Gasteiger partial charge >= 0.3 is 6.18 Å². The van der Waals surface area contributed by atoms with Gasteiger partial charge in [-0.15, -0.1) is 0 Å². The van der Waals surface area contributed by atoms with Gasteiger partial charge in [0.25, 0.3) is 5.56 Å². The summed E-state index contributed by atoms with van der Waals surface area (Å²) in [4.78, 5) is 15.2. The Bertz CT molecular complexity index is 1190. The Morgan fingerprint density at radius 1 is 1.29 bits per heavy atom. The van der Waals surface area contributed by atoms with Gasteiger partial charge in [-0.05, 0) is 36.6 Å². The summed E-state index contributed by atoms with van der Waals surface area (Å²) in [6, 6.07) is 7.38. The van der Waals surface area contributed by atoms with E-state index in [9.17, 15) is 23.2 Å². The van der Waals surface area contributed by atoms with Crippen molar-refractivity contribution in [3.8, 4) is 6.07 Å². The number of fused-ring (bicyclic) bond motifs is 1. The van der Waals surface area contributed by atoms with Crippen LogP contribution in [-0.2, 0) is 0 Å². The zero-order valence-corrected chi connectivity index (χ0v) is 16.5. The Labute approximate surface area is 175 Å². The van der Waals surface area contributed by atoms with E-state index in [1.807, 2.05) is 0 Å². The highest BCUT2D eigenvalue weighted by Crippen LogP contribution is 2.37. The first kappa shape index (κ1) is 20.9. The van der Waals surface area contributed by atoms with E-state index >= 15 is 0 Å². The number of hydrogen-bond acceptors (Lipinski definition) is 5. The minimum Gasteiger partial charge on any atom is -0.338 e. The van der Waals surface area contributed by atoms with Crippen molar-refractivity contribution >= 4 is 22.4 Å². The number of halogens is 3. The summed E-state index contributed by atoms with van der Waals surface area (Å²) in [5, 5.41) is 17.4. The lowest BCUT2D eigenvalue weighted by molar-refractivity contribution is -0.149. The number of alkyl halides is 3. The first-order chi connectivity index (χ1) is 14.8. The summed E-state index contributed by atoms with van der Waals surface area (Å²) in [6.45, 7) is 0. The number of nitrogens with zero attached hydrogens (tertiary/aromatic N) is 3. The van der Waals surface area contributed by atoms with E-state index in [0.717, 1.165) is 25.7 Å². The van der Waals surface area contributed by atoms with Crippen molar-refractivity contribution in [2.24, 2.45) is 11.7 Å². The van der Waals surface area contributed by atoms with Gasteiger partial charge in [-0.2, -0.15) is 23.5 Å². The largest absolute Gasteiger partial charge is 0.407 e. The summed E-state index contributed by atoms with van der Waals surface area (Å²) >= 11 is 0. The molecule has 7 nitrogen and oxygen atoms in total. The topological polar surface area (TPSA) is 113 Å². The molecule has 0 aliphatic heterocycles. The molecule has 0 radical (unpaired) electrons. The number of benzene rings is 1. The standard InChI is InChI=1S/C21H21F3N6O/c22-21(23,24)18(26)12-5-3-6-14(10-12)28-19-17-16(8-9-27-20(17)31)30(29-19)15-7-2-1-4-13(15)11-25/h3,5-6,8-10,13,15,18H,1-2,4,7,26H2,(H,27,31)(H,28,29)/t13-,15+,18+/m1/s1. The maximum Gasteiger partial charge on any atom is 0.407 e. The molecule has 0 saturated heterocycles. The summed E-state index contributed by atoms with van der Waals surface area (Å²) < 4.78 is 40.7. The van der Waals surface area contributed by atoms with Crippen molar-refractivity contribution in [3.05, 3.63) is 52.4 Å². The van der Waals surface area contributed by atoms with Gasteiger partial charge in [0.15, 0.2) is 5.82 Å². The highest BCUT2D eigenvalue weighted by atomic mass is 19.4. The quantitative estimate of drug-likeness (QED) is 0.572. The molecule has 4 N–H and O–H groups in total. The second kappa shape index (κ2) is 8.07. The van der Waals surface area contributed by atoms with Crippen molar-refractivity contribution in [1.29, 1.82) is 5.26 Å². The van der Waals surface area contributed by atoms with Crippen LogP contribution >= 0.6 is 0 Å². The van der Waals surface area contributed by atoms with E-state index in [1.165, 1.54) is 24.4 Å². The Balaban J connectivity index is 1.76. The maximum atomic E-state index is 13.0. The third-order valence-electron chi connectivity index (χ3n) is 5.70. The van der Waals surface area contributed by atoms with Crippen LogP contribution in [-0.4, -0.2) is 20.9 Å². The lowest BCUT2D eigenvalue weighted by Crippen LogP contribution is -2.28. The van der Waals surface area contributed by atoms with E-state index in [4.69, 9.17) is 5.73 Å². The maximum absolute atomic E-state index is 13.0. The van der Waals surface area contributed by atoms with Crippen molar-refractivity contribution in [3.63, 3.8) is 0 Å². The van der Waals surface area contributed by atoms with E-state index in [0.29, 0.717) is 11.2 Å². The molecule has 1 aromatic carbocycles. The smallest absolute Gasteiger partial charge is 0.338 e. The molecule has 0 amide bonds. The molecule has 1 aliphatic rings. The van der Waals surface area contributed by atoms with Crippen LogP contribution in [0, 0.1) is 17.2 Å². The number of nitrogens with two attached hydrogens (primary N) is 1. The highest BCUT2D eigenvalue weighted by molar-refractivity contribution is 5.91. The van der Waals surface area contributed by atoms with E-state index in [-0.39, 0.29) is 34.3 Å². The van der Waals surface area contributed by atoms with E-state index in [1.54, 1.807) is 16.8 Å². The average Bonchev–Trinajstić information content (AvgIpc) is 3.12. The van der Waals surface area contributed by atoms with Crippen molar-refractivity contribution < 1.29 is 13.2 Å². The fraction of sp³-hybridized carbons (Fsp3) is 0.381. The van der Waals surface area contributed by atoms with Crippen LogP contribution in [0.3, 0.4) is 0 Å². The first-order valence-electron chi connectivity index (χ1n) is 9.98. The van der Waals surface area contributed by atoms with Crippen LogP contribution in [0.15, 0.2) is 41.3 Å². The van der Waals surface area contributed by atoms with Crippen LogP contribution in [0.25, 0.3) is 10.9 Å². The Kier molecular flexibility index (Phi) is 5.45. The fourth-order valence-corrected chi connectivity index (χ4v) is 4.13. The highest BCUT2D eigenvalue weighted by Gasteiger charge is 2.38. The third-order valence-corrected chi connectivity index (χ3v) is 5.70.